The number of carbonyl (C=O) groups is 1. The van der Waals surface area contributed by atoms with Crippen LogP contribution in [0.3, 0.4) is 0 Å². The van der Waals surface area contributed by atoms with Gasteiger partial charge >= 0.3 is 0 Å². The number of carbonyl (C=O) groups excluding carboxylic acids is 1. The molecule has 29 heavy (non-hydrogen) atoms. The van der Waals surface area contributed by atoms with Crippen molar-refractivity contribution in [3.05, 3.63) is 52.9 Å². The van der Waals surface area contributed by atoms with Crippen LogP contribution in [0.15, 0.2) is 39.8 Å². The number of aliphatic imine (C=N–C) groups is 1. The van der Waals surface area contributed by atoms with Crippen LogP contribution < -0.4 is 10.6 Å². The number of rotatable bonds is 8. The fourth-order valence-corrected chi connectivity index (χ4v) is 2.77. The third-order valence-electron chi connectivity index (χ3n) is 4.56. The number of nitrogens with one attached hydrogen (secondary N) is 2. The predicted octanol–water partition coefficient (Wildman–Crippen LogP) is 3.30. The zero-order valence-corrected chi connectivity index (χ0v) is 20.2. The third kappa shape index (κ3) is 7.34. The molecule has 0 saturated carbocycles. The Labute approximate surface area is 190 Å². The highest BCUT2D eigenvalue weighted by molar-refractivity contribution is 14.0. The second-order valence-electron chi connectivity index (χ2n) is 6.82. The molecule has 2 N–H and O–H groups in total. The molecule has 7 nitrogen and oxygen atoms in total. The van der Waals surface area contributed by atoms with E-state index < -0.39 is 0 Å². The van der Waals surface area contributed by atoms with Crippen LogP contribution in [-0.4, -0.2) is 42.6 Å². The summed E-state index contributed by atoms with van der Waals surface area (Å²) in [4.78, 5) is 18.2. The molecule has 1 atom stereocenters. The monoisotopic (exact) mass is 513 g/mol. The zero-order valence-electron chi connectivity index (χ0n) is 17.9. The normalized spacial score (nSPS) is 12.1. The van der Waals surface area contributed by atoms with Gasteiger partial charge in [-0.25, -0.2) is 4.99 Å². The summed E-state index contributed by atoms with van der Waals surface area (Å²) in [6.45, 7) is 6.77. The Morgan fingerprint density at radius 1 is 1.21 bits per heavy atom. The van der Waals surface area contributed by atoms with Crippen molar-refractivity contribution in [1.82, 2.24) is 20.7 Å². The average molecular weight is 513 g/mol. The summed E-state index contributed by atoms with van der Waals surface area (Å²) in [6, 6.07) is 10.2. The van der Waals surface area contributed by atoms with Crippen molar-refractivity contribution in [2.45, 2.75) is 46.2 Å². The minimum absolute atomic E-state index is 0. The smallest absolute Gasteiger partial charge is 0.241 e. The summed E-state index contributed by atoms with van der Waals surface area (Å²) in [7, 11) is 3.47. The van der Waals surface area contributed by atoms with Gasteiger partial charge in [-0.05, 0) is 18.9 Å². The van der Waals surface area contributed by atoms with Crippen LogP contribution in [0.25, 0.3) is 0 Å². The molecule has 160 valence electrons. The van der Waals surface area contributed by atoms with E-state index in [1.807, 2.05) is 25.1 Å². The highest BCUT2D eigenvalue weighted by atomic mass is 127. The van der Waals surface area contributed by atoms with Crippen molar-refractivity contribution in [2.75, 3.05) is 20.6 Å². The van der Waals surface area contributed by atoms with Gasteiger partial charge in [0.2, 0.25) is 5.91 Å². The number of nitrogens with zero attached hydrogens (tertiary/aromatic N) is 3. The Bertz CT molecular complexity index is 768. The minimum Gasteiger partial charge on any atom is -0.361 e. The van der Waals surface area contributed by atoms with Crippen LogP contribution in [0.2, 0.25) is 0 Å². The summed E-state index contributed by atoms with van der Waals surface area (Å²) in [6.07, 6.45) is 1.57. The maximum atomic E-state index is 12.0. The molecule has 2 aromatic rings. The van der Waals surface area contributed by atoms with Gasteiger partial charge in [0, 0.05) is 26.1 Å². The zero-order chi connectivity index (χ0) is 20.5. The first-order valence-corrected chi connectivity index (χ1v) is 9.72. The van der Waals surface area contributed by atoms with Gasteiger partial charge in [0.15, 0.2) is 5.96 Å². The molecule has 0 radical (unpaired) electrons. The van der Waals surface area contributed by atoms with E-state index in [0.29, 0.717) is 12.5 Å². The number of likely N-dealkylation sites (N-methyl/N-ethyl adjacent to an activating group) is 1. The van der Waals surface area contributed by atoms with Crippen LogP contribution in [0, 0.1) is 0 Å². The molecule has 0 saturated heterocycles. The number of guanidine groups is 1. The Morgan fingerprint density at radius 3 is 2.48 bits per heavy atom. The average Bonchev–Trinajstić information content (AvgIpc) is 3.12. The van der Waals surface area contributed by atoms with E-state index in [-0.39, 0.29) is 42.5 Å². The number of halogens is 1. The van der Waals surface area contributed by atoms with Crippen molar-refractivity contribution in [3.63, 3.8) is 0 Å². The van der Waals surface area contributed by atoms with E-state index in [1.165, 1.54) is 0 Å². The first-order valence-electron chi connectivity index (χ1n) is 9.72. The van der Waals surface area contributed by atoms with Crippen molar-refractivity contribution in [1.29, 1.82) is 0 Å². The standard InChI is InChI=1S/C21H31N5O2.HI/c1-6-18-17(19(7-2)28-25-18)13-22-21(23-14-20(27)26(4)5)24-15(3)16-11-9-8-10-12-16;/h8-12,15H,6-7,13-14H2,1-5H3,(H2,22,23,24);1H. The van der Waals surface area contributed by atoms with E-state index in [4.69, 9.17) is 9.52 Å². The molecule has 8 heteroatoms. The maximum Gasteiger partial charge on any atom is 0.241 e. The summed E-state index contributed by atoms with van der Waals surface area (Å²) < 4.78 is 5.43. The molecule has 1 aromatic carbocycles. The topological polar surface area (TPSA) is 82.8 Å². The summed E-state index contributed by atoms with van der Waals surface area (Å²) in [5, 5.41) is 10.7. The summed E-state index contributed by atoms with van der Waals surface area (Å²) in [5.41, 5.74) is 3.10. The summed E-state index contributed by atoms with van der Waals surface area (Å²) in [5.74, 6) is 1.42. The molecule has 1 heterocycles. The van der Waals surface area contributed by atoms with Crippen molar-refractivity contribution in [2.24, 2.45) is 4.99 Å². The molecule has 0 fully saturated rings. The first-order chi connectivity index (χ1) is 13.5. The number of hydrogen-bond donors (Lipinski definition) is 2. The van der Waals surface area contributed by atoms with E-state index in [9.17, 15) is 4.79 Å². The fraction of sp³-hybridized carbons (Fsp3) is 0.476. The van der Waals surface area contributed by atoms with Gasteiger partial charge in [-0.1, -0.05) is 49.3 Å². The Morgan fingerprint density at radius 2 is 1.90 bits per heavy atom. The Balaban J connectivity index is 0.00000420. The molecule has 2 rings (SSSR count). The number of benzene rings is 1. The SMILES string of the molecule is CCc1noc(CC)c1CN=C(NCC(=O)N(C)C)NC(C)c1ccccc1.I. The lowest BCUT2D eigenvalue weighted by atomic mass is 10.1. The van der Waals surface area contributed by atoms with Crippen molar-refractivity contribution < 1.29 is 9.32 Å². The fourth-order valence-electron chi connectivity index (χ4n) is 2.77. The number of aromatic nitrogens is 1. The second-order valence-corrected chi connectivity index (χ2v) is 6.82. The van der Waals surface area contributed by atoms with Crippen LogP contribution in [0.4, 0.5) is 0 Å². The van der Waals surface area contributed by atoms with Gasteiger partial charge in [0.25, 0.3) is 0 Å². The van der Waals surface area contributed by atoms with E-state index in [2.05, 4.69) is 41.8 Å². The van der Waals surface area contributed by atoms with E-state index in [1.54, 1.807) is 19.0 Å². The largest absolute Gasteiger partial charge is 0.361 e. The van der Waals surface area contributed by atoms with Crippen LogP contribution in [-0.2, 0) is 24.2 Å². The van der Waals surface area contributed by atoms with Gasteiger partial charge in [-0.2, -0.15) is 0 Å². The lowest BCUT2D eigenvalue weighted by Gasteiger charge is -2.19. The first kappa shape index (κ1) is 24.9. The molecular formula is C21H32IN5O2. The van der Waals surface area contributed by atoms with Crippen molar-refractivity contribution in [3.8, 4) is 0 Å². The molecule has 0 aliphatic heterocycles. The van der Waals surface area contributed by atoms with Gasteiger partial charge in [-0.3, -0.25) is 4.79 Å². The lowest BCUT2D eigenvalue weighted by molar-refractivity contribution is -0.127. The molecule has 0 bridgehead atoms. The third-order valence-corrected chi connectivity index (χ3v) is 4.56. The van der Waals surface area contributed by atoms with Crippen molar-refractivity contribution >= 4 is 35.8 Å². The van der Waals surface area contributed by atoms with Gasteiger partial charge in [0.1, 0.15) is 5.76 Å². The molecule has 1 aromatic heterocycles. The van der Waals surface area contributed by atoms with Gasteiger partial charge in [-0.15, -0.1) is 24.0 Å². The van der Waals surface area contributed by atoms with Gasteiger partial charge in [0.05, 0.1) is 24.8 Å². The molecule has 1 amide bonds. The second kappa shape index (κ2) is 12.5. The quantitative estimate of drug-likeness (QED) is 0.322. The molecule has 1 unspecified atom stereocenters. The number of amides is 1. The molecule has 0 aliphatic carbocycles. The maximum absolute atomic E-state index is 12.0. The molecular weight excluding hydrogens is 481 g/mol. The number of hydrogen-bond acceptors (Lipinski definition) is 4. The number of aryl methyl sites for hydroxylation is 2. The van der Waals surface area contributed by atoms with Crippen LogP contribution in [0.5, 0.6) is 0 Å². The Hall–Kier alpha value is -2.10. The van der Waals surface area contributed by atoms with Crippen LogP contribution >= 0.6 is 24.0 Å². The van der Waals surface area contributed by atoms with E-state index >= 15 is 0 Å². The highest BCUT2D eigenvalue weighted by Crippen LogP contribution is 2.17. The minimum atomic E-state index is -0.0182. The van der Waals surface area contributed by atoms with Gasteiger partial charge < -0.3 is 20.1 Å². The van der Waals surface area contributed by atoms with Crippen LogP contribution in [0.1, 0.15) is 49.4 Å². The highest BCUT2D eigenvalue weighted by Gasteiger charge is 2.15. The Kier molecular flexibility index (Phi) is 10.7. The van der Waals surface area contributed by atoms with E-state index in [0.717, 1.165) is 35.4 Å². The molecule has 0 aliphatic rings. The molecule has 0 spiro atoms. The predicted molar refractivity (Wildman–Crippen MR) is 127 cm³/mol. The summed E-state index contributed by atoms with van der Waals surface area (Å²) >= 11 is 0. The lowest BCUT2D eigenvalue weighted by Crippen LogP contribution is -2.43.